The monoisotopic (exact) mass is 298 g/mol. The highest BCUT2D eigenvalue weighted by Crippen LogP contribution is 2.28. The third-order valence-electron chi connectivity index (χ3n) is 4.69. The summed E-state index contributed by atoms with van der Waals surface area (Å²) in [6, 6.07) is 1.87. The van der Waals surface area contributed by atoms with Crippen molar-refractivity contribution in [3.05, 3.63) is 23.1 Å². The fourth-order valence-electron chi connectivity index (χ4n) is 3.24. The van der Waals surface area contributed by atoms with Gasteiger partial charge in [-0.25, -0.2) is 9.97 Å². The molecule has 0 unspecified atom stereocenters. The number of aryl methyl sites for hydroxylation is 3. The Morgan fingerprint density at radius 2 is 2.18 bits per heavy atom. The van der Waals surface area contributed by atoms with Gasteiger partial charge in [-0.3, -0.25) is 4.79 Å². The molecule has 5 nitrogen and oxygen atoms in total. The summed E-state index contributed by atoms with van der Waals surface area (Å²) in [5.74, 6) is 1.76. The molecule has 1 saturated carbocycles. The zero-order valence-electron chi connectivity index (χ0n) is 13.1. The van der Waals surface area contributed by atoms with Gasteiger partial charge in [0.05, 0.1) is 5.56 Å². The largest absolute Gasteiger partial charge is 0.352 e. The van der Waals surface area contributed by atoms with Crippen molar-refractivity contribution in [1.82, 2.24) is 19.9 Å². The summed E-state index contributed by atoms with van der Waals surface area (Å²) in [5.41, 5.74) is 3.23. The number of carbonyl (C=O) groups is 1. The zero-order valence-corrected chi connectivity index (χ0v) is 13.1. The van der Waals surface area contributed by atoms with Gasteiger partial charge in [-0.05, 0) is 44.6 Å². The molecule has 4 rings (SSSR count). The van der Waals surface area contributed by atoms with E-state index in [1.807, 2.05) is 13.0 Å². The zero-order chi connectivity index (χ0) is 15.1. The van der Waals surface area contributed by atoms with E-state index in [2.05, 4.69) is 14.9 Å². The van der Waals surface area contributed by atoms with Crippen LogP contribution >= 0.6 is 0 Å². The summed E-state index contributed by atoms with van der Waals surface area (Å²) in [7, 11) is 0. The van der Waals surface area contributed by atoms with E-state index < -0.39 is 0 Å². The van der Waals surface area contributed by atoms with E-state index in [1.165, 1.54) is 25.7 Å². The smallest absolute Gasteiger partial charge is 0.253 e. The Balaban J connectivity index is 1.75. The maximum Gasteiger partial charge on any atom is 0.253 e. The Morgan fingerprint density at radius 3 is 3.00 bits per heavy atom. The first kappa shape index (κ1) is 13.7. The lowest BCUT2D eigenvalue weighted by Gasteiger charge is -2.07. The van der Waals surface area contributed by atoms with Gasteiger partial charge in [-0.2, -0.15) is 0 Å². The Kier molecular flexibility index (Phi) is 3.36. The van der Waals surface area contributed by atoms with Gasteiger partial charge in [-0.1, -0.05) is 6.42 Å². The Hall–Kier alpha value is -1.91. The molecule has 0 atom stereocenters. The number of amides is 1. The first-order valence-corrected chi connectivity index (χ1v) is 8.37. The lowest BCUT2D eigenvalue weighted by molar-refractivity contribution is 0.0953. The van der Waals surface area contributed by atoms with E-state index in [1.54, 1.807) is 0 Å². The molecular weight excluding hydrogens is 276 g/mol. The number of fused-ring (bicyclic) bond motifs is 3. The minimum Gasteiger partial charge on any atom is -0.352 e. The Bertz CT molecular complexity index is 730. The van der Waals surface area contributed by atoms with Crippen molar-refractivity contribution in [2.45, 2.75) is 52.0 Å². The van der Waals surface area contributed by atoms with Gasteiger partial charge in [0.1, 0.15) is 11.3 Å². The highest BCUT2D eigenvalue weighted by molar-refractivity contribution is 6.04. The number of pyridine rings is 1. The molecule has 5 heteroatoms. The third-order valence-corrected chi connectivity index (χ3v) is 4.69. The van der Waals surface area contributed by atoms with E-state index in [0.717, 1.165) is 48.6 Å². The van der Waals surface area contributed by atoms with Gasteiger partial charge in [0, 0.05) is 25.2 Å². The Morgan fingerprint density at radius 1 is 1.32 bits per heavy atom. The summed E-state index contributed by atoms with van der Waals surface area (Å²) in [6.07, 6.45) is 7.04. The summed E-state index contributed by atoms with van der Waals surface area (Å²) in [4.78, 5) is 22.0. The van der Waals surface area contributed by atoms with Crippen LogP contribution in [0.4, 0.5) is 0 Å². The van der Waals surface area contributed by atoms with Crippen LogP contribution in [0.15, 0.2) is 6.07 Å². The molecular formula is C17H22N4O. The summed E-state index contributed by atoms with van der Waals surface area (Å²) >= 11 is 0. The molecule has 0 aromatic carbocycles. The van der Waals surface area contributed by atoms with Crippen LogP contribution in [0.5, 0.6) is 0 Å². The highest BCUT2D eigenvalue weighted by atomic mass is 16.1. The van der Waals surface area contributed by atoms with Crippen molar-refractivity contribution in [1.29, 1.82) is 0 Å². The summed E-state index contributed by atoms with van der Waals surface area (Å²) < 4.78 is 2.22. The molecule has 3 heterocycles. The summed E-state index contributed by atoms with van der Waals surface area (Å²) in [5, 5.41) is 3.06. The molecule has 1 amide bonds. The second-order valence-corrected chi connectivity index (χ2v) is 6.63. The van der Waals surface area contributed by atoms with Crippen molar-refractivity contribution in [3.8, 4) is 0 Å². The van der Waals surface area contributed by atoms with Gasteiger partial charge in [0.2, 0.25) is 0 Å². The molecule has 1 fully saturated rings. The van der Waals surface area contributed by atoms with Crippen molar-refractivity contribution < 1.29 is 4.79 Å². The number of aromatic nitrogens is 3. The summed E-state index contributed by atoms with van der Waals surface area (Å²) in [6.45, 7) is 3.70. The molecule has 2 aromatic rings. The normalized spacial score (nSPS) is 18.0. The number of rotatable bonds is 3. The predicted octanol–water partition coefficient (Wildman–Crippen LogP) is 2.61. The van der Waals surface area contributed by atoms with Crippen LogP contribution in [0.1, 0.15) is 54.0 Å². The van der Waals surface area contributed by atoms with Crippen LogP contribution in [0, 0.1) is 12.8 Å². The topological polar surface area (TPSA) is 59.8 Å². The number of imidazole rings is 1. The van der Waals surface area contributed by atoms with Crippen LogP contribution in [0.25, 0.3) is 11.2 Å². The second kappa shape index (κ2) is 5.38. The van der Waals surface area contributed by atoms with Crippen LogP contribution in [0.2, 0.25) is 0 Å². The van der Waals surface area contributed by atoms with Crippen LogP contribution in [0.3, 0.4) is 0 Å². The van der Waals surface area contributed by atoms with Crippen molar-refractivity contribution in [2.24, 2.45) is 5.92 Å². The minimum absolute atomic E-state index is 0.00402. The SMILES string of the molecule is Cc1cc(C(=O)NCC2CC2)c2nc3n(c2n1)CCCCC3. The van der Waals surface area contributed by atoms with E-state index in [4.69, 9.17) is 4.98 Å². The van der Waals surface area contributed by atoms with E-state index >= 15 is 0 Å². The number of carbonyl (C=O) groups excluding carboxylic acids is 1. The quantitative estimate of drug-likeness (QED) is 0.947. The van der Waals surface area contributed by atoms with Gasteiger partial charge in [0.25, 0.3) is 5.91 Å². The lowest BCUT2D eigenvalue weighted by atomic mass is 10.2. The number of nitrogens with one attached hydrogen (secondary N) is 1. The van der Waals surface area contributed by atoms with Crippen LogP contribution < -0.4 is 5.32 Å². The minimum atomic E-state index is -0.00402. The molecule has 1 aliphatic heterocycles. The highest BCUT2D eigenvalue weighted by Gasteiger charge is 2.24. The van der Waals surface area contributed by atoms with E-state index in [0.29, 0.717) is 11.5 Å². The van der Waals surface area contributed by atoms with Gasteiger partial charge in [-0.15, -0.1) is 0 Å². The van der Waals surface area contributed by atoms with Gasteiger partial charge >= 0.3 is 0 Å². The maximum absolute atomic E-state index is 12.5. The number of nitrogens with zero attached hydrogens (tertiary/aromatic N) is 3. The molecule has 0 bridgehead atoms. The molecule has 1 aliphatic carbocycles. The number of hydrogen-bond donors (Lipinski definition) is 1. The first-order valence-electron chi connectivity index (χ1n) is 8.37. The first-order chi connectivity index (χ1) is 10.7. The van der Waals surface area contributed by atoms with Crippen molar-refractivity contribution >= 4 is 17.1 Å². The fourth-order valence-corrected chi connectivity index (χ4v) is 3.24. The average molecular weight is 298 g/mol. The number of hydrogen-bond acceptors (Lipinski definition) is 3. The molecule has 2 aliphatic rings. The second-order valence-electron chi connectivity index (χ2n) is 6.63. The lowest BCUT2D eigenvalue weighted by Crippen LogP contribution is -2.26. The molecule has 22 heavy (non-hydrogen) atoms. The fraction of sp³-hybridized carbons (Fsp3) is 0.588. The molecule has 0 radical (unpaired) electrons. The molecule has 0 spiro atoms. The Labute approximate surface area is 130 Å². The average Bonchev–Trinajstić information content (AvgIpc) is 3.30. The molecule has 2 aromatic heterocycles. The van der Waals surface area contributed by atoms with Crippen LogP contribution in [-0.4, -0.2) is 27.0 Å². The van der Waals surface area contributed by atoms with Crippen LogP contribution in [-0.2, 0) is 13.0 Å². The molecule has 0 saturated heterocycles. The molecule has 1 N–H and O–H groups in total. The van der Waals surface area contributed by atoms with Crippen molar-refractivity contribution in [3.63, 3.8) is 0 Å². The predicted molar refractivity (Wildman–Crippen MR) is 84.9 cm³/mol. The standard InChI is InChI=1S/C17H22N4O/c1-11-9-13(17(22)18-10-12-6-7-12)15-16(19-11)21-8-4-2-3-5-14(21)20-15/h9,12H,2-8,10H2,1H3,(H,18,22). The van der Waals surface area contributed by atoms with Gasteiger partial charge < -0.3 is 9.88 Å². The maximum atomic E-state index is 12.5. The van der Waals surface area contributed by atoms with E-state index in [-0.39, 0.29) is 5.91 Å². The van der Waals surface area contributed by atoms with Crippen molar-refractivity contribution in [2.75, 3.05) is 6.54 Å². The molecule has 116 valence electrons. The van der Waals surface area contributed by atoms with E-state index in [9.17, 15) is 4.79 Å². The third kappa shape index (κ3) is 2.49. The van der Waals surface area contributed by atoms with Gasteiger partial charge in [0.15, 0.2) is 5.65 Å².